The highest BCUT2D eigenvalue weighted by Crippen LogP contribution is 2.33. The molecular weight excluding hydrogens is 440 g/mol. The average molecular weight is 469 g/mol. The average Bonchev–Trinajstić information content (AvgIpc) is 2.81. The number of rotatable bonds is 3. The predicted octanol–water partition coefficient (Wildman–Crippen LogP) is 3.86. The highest BCUT2D eigenvalue weighted by Gasteiger charge is 2.33. The second kappa shape index (κ2) is 9.83. The number of fused-ring (bicyclic) bond motifs is 1. The molecule has 174 valence electrons. The van der Waals surface area contributed by atoms with Gasteiger partial charge in [0.2, 0.25) is 11.8 Å². The number of aryl methyl sites for hydroxylation is 1. The van der Waals surface area contributed by atoms with Crippen LogP contribution in [0.25, 0.3) is 0 Å². The predicted molar refractivity (Wildman–Crippen MR) is 128 cm³/mol. The van der Waals surface area contributed by atoms with Crippen molar-refractivity contribution in [2.45, 2.75) is 32.7 Å². The van der Waals surface area contributed by atoms with Gasteiger partial charge < -0.3 is 20.0 Å². The van der Waals surface area contributed by atoms with Gasteiger partial charge in [0, 0.05) is 50.4 Å². The Balaban J connectivity index is 1.35. The molecule has 2 aromatic carbocycles. The van der Waals surface area contributed by atoms with Crippen molar-refractivity contribution in [3.8, 4) is 0 Å². The Morgan fingerprint density at radius 1 is 1.00 bits per heavy atom. The molecule has 1 N–H and O–H groups in total. The van der Waals surface area contributed by atoms with Crippen LogP contribution in [0.3, 0.4) is 0 Å². The topological polar surface area (TPSA) is 73.0 Å². The molecule has 1 saturated heterocycles. The van der Waals surface area contributed by atoms with Crippen LogP contribution in [-0.2, 0) is 16.0 Å². The molecule has 2 aliphatic rings. The molecule has 0 radical (unpaired) electrons. The van der Waals surface area contributed by atoms with Gasteiger partial charge in [-0.25, -0.2) is 4.79 Å². The summed E-state index contributed by atoms with van der Waals surface area (Å²) < 4.78 is 0. The van der Waals surface area contributed by atoms with Crippen LogP contribution in [0.15, 0.2) is 42.5 Å². The molecular formula is C25H29ClN4O3. The van der Waals surface area contributed by atoms with E-state index < -0.39 is 0 Å². The lowest BCUT2D eigenvalue weighted by atomic mass is 9.90. The minimum Gasteiger partial charge on any atom is -0.339 e. The third kappa shape index (κ3) is 5.14. The number of amides is 4. The van der Waals surface area contributed by atoms with E-state index in [0.717, 1.165) is 17.5 Å². The Kier molecular flexibility index (Phi) is 6.88. The van der Waals surface area contributed by atoms with Crippen molar-refractivity contribution in [3.05, 3.63) is 64.2 Å². The van der Waals surface area contributed by atoms with E-state index >= 15 is 0 Å². The SMILES string of the molecule is CC(=O)N1CCc2ccccc2C1CC(=O)N1CCN(C(=O)Nc2ccc(C)c(Cl)c2)CC1. The van der Waals surface area contributed by atoms with Crippen molar-refractivity contribution in [3.63, 3.8) is 0 Å². The number of carbonyl (C=O) groups is 3. The summed E-state index contributed by atoms with van der Waals surface area (Å²) in [5.74, 6) is -0.00618. The summed E-state index contributed by atoms with van der Waals surface area (Å²) >= 11 is 6.14. The molecule has 1 fully saturated rings. The summed E-state index contributed by atoms with van der Waals surface area (Å²) in [4.78, 5) is 43.3. The zero-order valence-electron chi connectivity index (χ0n) is 19.0. The number of anilines is 1. The lowest BCUT2D eigenvalue weighted by Gasteiger charge is -2.39. The number of nitrogens with zero attached hydrogens (tertiary/aromatic N) is 3. The zero-order valence-corrected chi connectivity index (χ0v) is 19.8. The summed E-state index contributed by atoms with van der Waals surface area (Å²) in [7, 11) is 0. The van der Waals surface area contributed by atoms with E-state index in [4.69, 9.17) is 11.6 Å². The molecule has 0 spiro atoms. The van der Waals surface area contributed by atoms with Crippen LogP contribution in [0.5, 0.6) is 0 Å². The first-order valence-corrected chi connectivity index (χ1v) is 11.7. The first-order valence-electron chi connectivity index (χ1n) is 11.3. The van der Waals surface area contributed by atoms with Gasteiger partial charge in [0.15, 0.2) is 0 Å². The minimum atomic E-state index is -0.243. The molecule has 0 bridgehead atoms. The van der Waals surface area contributed by atoms with Crippen LogP contribution in [0, 0.1) is 6.92 Å². The molecule has 0 aromatic heterocycles. The lowest BCUT2D eigenvalue weighted by Crippen LogP contribution is -2.52. The standard InChI is InChI=1S/C25H29ClN4O3/c1-17-7-8-20(15-22(17)26)27-25(33)29-13-11-28(12-14-29)24(32)16-23-21-6-4-3-5-19(21)9-10-30(23)18(2)31/h3-8,15,23H,9-14,16H2,1-2H3,(H,27,33). The Morgan fingerprint density at radius 3 is 2.39 bits per heavy atom. The molecule has 0 saturated carbocycles. The molecule has 4 amide bonds. The van der Waals surface area contributed by atoms with Gasteiger partial charge in [0.1, 0.15) is 0 Å². The van der Waals surface area contributed by atoms with Crippen molar-refractivity contribution in [1.29, 1.82) is 0 Å². The fourth-order valence-corrected chi connectivity index (χ4v) is 4.76. The summed E-state index contributed by atoms with van der Waals surface area (Å²) in [5, 5.41) is 3.48. The number of hydrogen-bond acceptors (Lipinski definition) is 3. The fraction of sp³-hybridized carbons (Fsp3) is 0.400. The van der Waals surface area contributed by atoms with Gasteiger partial charge in [-0.15, -0.1) is 0 Å². The van der Waals surface area contributed by atoms with Crippen LogP contribution in [0.2, 0.25) is 5.02 Å². The minimum absolute atomic E-state index is 0.00771. The van der Waals surface area contributed by atoms with E-state index in [1.165, 1.54) is 5.56 Å². The quantitative estimate of drug-likeness (QED) is 0.743. The van der Waals surface area contributed by atoms with Gasteiger partial charge in [0.05, 0.1) is 12.5 Å². The first kappa shape index (κ1) is 23.1. The number of halogens is 1. The van der Waals surface area contributed by atoms with Gasteiger partial charge in [-0.1, -0.05) is 41.9 Å². The van der Waals surface area contributed by atoms with Crippen molar-refractivity contribution in [2.75, 3.05) is 38.0 Å². The molecule has 1 atom stereocenters. The Morgan fingerprint density at radius 2 is 1.70 bits per heavy atom. The third-order valence-electron chi connectivity index (χ3n) is 6.53. The highest BCUT2D eigenvalue weighted by molar-refractivity contribution is 6.31. The highest BCUT2D eigenvalue weighted by atomic mass is 35.5. The first-order chi connectivity index (χ1) is 15.8. The smallest absolute Gasteiger partial charge is 0.321 e. The largest absolute Gasteiger partial charge is 0.339 e. The lowest BCUT2D eigenvalue weighted by molar-refractivity contribution is -0.137. The molecule has 33 heavy (non-hydrogen) atoms. The molecule has 8 heteroatoms. The molecule has 4 rings (SSSR count). The zero-order chi connectivity index (χ0) is 23.5. The third-order valence-corrected chi connectivity index (χ3v) is 6.93. The van der Waals surface area contributed by atoms with Crippen molar-refractivity contribution in [1.82, 2.24) is 14.7 Å². The van der Waals surface area contributed by atoms with Crippen LogP contribution in [0.1, 0.15) is 36.1 Å². The number of hydrogen-bond donors (Lipinski definition) is 1. The Labute approximate surface area is 199 Å². The van der Waals surface area contributed by atoms with E-state index in [2.05, 4.69) is 11.4 Å². The number of benzene rings is 2. The van der Waals surface area contributed by atoms with Crippen LogP contribution >= 0.6 is 11.6 Å². The maximum absolute atomic E-state index is 13.1. The van der Waals surface area contributed by atoms with Gasteiger partial charge in [-0.05, 0) is 42.2 Å². The van der Waals surface area contributed by atoms with Crippen molar-refractivity contribution < 1.29 is 14.4 Å². The summed E-state index contributed by atoms with van der Waals surface area (Å²) in [6.45, 7) is 5.94. The van der Waals surface area contributed by atoms with Crippen LogP contribution < -0.4 is 5.32 Å². The van der Waals surface area contributed by atoms with Crippen LogP contribution in [-0.4, -0.2) is 65.3 Å². The molecule has 1 unspecified atom stereocenters. The second-order valence-corrected chi connectivity index (χ2v) is 9.05. The fourth-order valence-electron chi connectivity index (χ4n) is 4.58. The van der Waals surface area contributed by atoms with Crippen molar-refractivity contribution >= 4 is 35.1 Å². The number of carbonyl (C=O) groups excluding carboxylic acids is 3. The van der Waals surface area contributed by atoms with Crippen LogP contribution in [0.4, 0.5) is 10.5 Å². The summed E-state index contributed by atoms with van der Waals surface area (Å²) in [6, 6.07) is 13.0. The van der Waals surface area contributed by atoms with Gasteiger partial charge in [-0.2, -0.15) is 0 Å². The normalized spacial score (nSPS) is 18.0. The van der Waals surface area contributed by atoms with E-state index in [0.29, 0.717) is 43.4 Å². The Bertz CT molecular complexity index is 1070. The number of piperazine rings is 1. The Hall–Kier alpha value is -3.06. The van der Waals surface area contributed by atoms with E-state index in [-0.39, 0.29) is 30.3 Å². The molecule has 0 aliphatic carbocycles. The van der Waals surface area contributed by atoms with E-state index in [9.17, 15) is 14.4 Å². The molecule has 2 aliphatic heterocycles. The molecule has 2 heterocycles. The number of nitrogens with one attached hydrogen (secondary N) is 1. The monoisotopic (exact) mass is 468 g/mol. The summed E-state index contributed by atoms with van der Waals surface area (Å²) in [6.07, 6.45) is 1.06. The second-order valence-electron chi connectivity index (χ2n) is 8.64. The maximum Gasteiger partial charge on any atom is 0.321 e. The molecule has 2 aromatic rings. The van der Waals surface area contributed by atoms with E-state index in [1.54, 1.807) is 27.7 Å². The number of urea groups is 1. The van der Waals surface area contributed by atoms with Gasteiger partial charge in [0.25, 0.3) is 0 Å². The molecule has 7 nitrogen and oxygen atoms in total. The van der Waals surface area contributed by atoms with Gasteiger partial charge in [-0.3, -0.25) is 9.59 Å². The van der Waals surface area contributed by atoms with Crippen molar-refractivity contribution in [2.24, 2.45) is 0 Å². The summed E-state index contributed by atoms with van der Waals surface area (Å²) in [5.41, 5.74) is 3.85. The van der Waals surface area contributed by atoms with Gasteiger partial charge >= 0.3 is 6.03 Å². The maximum atomic E-state index is 13.1. The van der Waals surface area contributed by atoms with E-state index in [1.807, 2.05) is 37.3 Å².